The molecule has 1 aromatic carbocycles. The van der Waals surface area contributed by atoms with Crippen molar-refractivity contribution in [1.29, 1.82) is 0 Å². The minimum atomic E-state index is -1.00. The molecule has 1 aromatic rings. The first kappa shape index (κ1) is 18.0. The van der Waals surface area contributed by atoms with Crippen LogP contribution in [0.4, 0.5) is 4.79 Å². The highest BCUT2D eigenvalue weighted by molar-refractivity contribution is 6.09. The van der Waals surface area contributed by atoms with Crippen LogP contribution in [0.2, 0.25) is 0 Å². The van der Waals surface area contributed by atoms with Crippen LogP contribution >= 0.6 is 0 Å². The van der Waals surface area contributed by atoms with E-state index in [2.05, 4.69) is 10.6 Å². The van der Waals surface area contributed by atoms with Crippen molar-refractivity contribution in [2.45, 2.75) is 56.9 Å². The molecule has 4 amide bonds. The fraction of sp³-hybridized carbons (Fsp3) is 0.571. The molecule has 2 fully saturated rings. The fourth-order valence-corrected chi connectivity index (χ4v) is 4.80. The molecule has 6 nitrogen and oxygen atoms in total. The van der Waals surface area contributed by atoms with Crippen molar-refractivity contribution in [2.75, 3.05) is 13.1 Å². The number of carbonyl (C=O) groups excluding carboxylic acids is 3. The lowest BCUT2D eigenvalue weighted by molar-refractivity contribution is -0.135. The van der Waals surface area contributed by atoms with Gasteiger partial charge in [0, 0.05) is 6.54 Å². The summed E-state index contributed by atoms with van der Waals surface area (Å²) in [6, 6.07) is 7.30. The molecule has 27 heavy (non-hydrogen) atoms. The van der Waals surface area contributed by atoms with Crippen LogP contribution in [0.3, 0.4) is 0 Å². The molecular weight excluding hydrogens is 342 g/mol. The van der Waals surface area contributed by atoms with Crippen molar-refractivity contribution < 1.29 is 14.4 Å². The second-order valence-electron chi connectivity index (χ2n) is 8.05. The molecule has 1 saturated heterocycles. The summed E-state index contributed by atoms with van der Waals surface area (Å²) < 4.78 is 0. The molecule has 1 heterocycles. The maximum absolute atomic E-state index is 13.2. The topological polar surface area (TPSA) is 78.5 Å². The summed E-state index contributed by atoms with van der Waals surface area (Å²) in [7, 11) is 0. The molecule has 1 atom stereocenters. The standard InChI is InChI=1S/C21H27N3O3/c25-18(22-13-15-7-2-1-3-8-15)14-24-19(26)21(23-20(24)27)12-6-10-16-9-4-5-11-17(16)21/h4-5,9,11,15H,1-3,6-8,10,12-14H2,(H,22,25)(H,23,27)/t21-/m1/s1. The van der Waals surface area contributed by atoms with Gasteiger partial charge in [-0.25, -0.2) is 4.79 Å². The number of benzene rings is 1. The maximum Gasteiger partial charge on any atom is 0.325 e. The number of nitrogens with zero attached hydrogens (tertiary/aromatic N) is 1. The summed E-state index contributed by atoms with van der Waals surface area (Å²) >= 11 is 0. The average molecular weight is 369 g/mol. The minimum absolute atomic E-state index is 0.207. The summed E-state index contributed by atoms with van der Waals surface area (Å²) in [6.45, 7) is 0.428. The Labute approximate surface area is 159 Å². The molecule has 1 spiro atoms. The second-order valence-corrected chi connectivity index (χ2v) is 8.05. The van der Waals surface area contributed by atoms with E-state index >= 15 is 0 Å². The molecule has 3 aliphatic rings. The lowest BCUT2D eigenvalue weighted by atomic mass is 9.76. The highest BCUT2D eigenvalue weighted by Gasteiger charge is 2.54. The average Bonchev–Trinajstić information content (AvgIpc) is 2.92. The number of urea groups is 1. The Morgan fingerprint density at radius 1 is 1.15 bits per heavy atom. The van der Waals surface area contributed by atoms with Gasteiger partial charge < -0.3 is 10.6 Å². The third-order valence-electron chi connectivity index (χ3n) is 6.27. The van der Waals surface area contributed by atoms with Crippen molar-refractivity contribution in [3.8, 4) is 0 Å². The molecule has 2 N–H and O–H groups in total. The van der Waals surface area contributed by atoms with Crippen molar-refractivity contribution >= 4 is 17.8 Å². The SMILES string of the molecule is O=C(CN1C(=O)N[C@@]2(CCCc3ccccc32)C1=O)NCC1CCCCC1. The summed E-state index contributed by atoms with van der Waals surface area (Å²) in [4.78, 5) is 39.1. The Morgan fingerprint density at radius 2 is 1.93 bits per heavy atom. The molecule has 0 radical (unpaired) electrons. The molecule has 1 aliphatic heterocycles. The Kier molecular flexibility index (Phi) is 4.89. The largest absolute Gasteiger partial charge is 0.354 e. The van der Waals surface area contributed by atoms with Crippen LogP contribution in [0, 0.1) is 5.92 Å². The summed E-state index contributed by atoms with van der Waals surface area (Å²) in [6.07, 6.45) is 8.32. The number of rotatable bonds is 4. The number of nitrogens with one attached hydrogen (secondary N) is 2. The monoisotopic (exact) mass is 369 g/mol. The predicted molar refractivity (Wildman–Crippen MR) is 101 cm³/mol. The molecule has 0 aromatic heterocycles. The molecule has 1 saturated carbocycles. The highest BCUT2D eigenvalue weighted by Crippen LogP contribution is 2.39. The van der Waals surface area contributed by atoms with Gasteiger partial charge in [-0.15, -0.1) is 0 Å². The van der Waals surface area contributed by atoms with Gasteiger partial charge in [-0.2, -0.15) is 0 Å². The zero-order chi connectivity index (χ0) is 18.9. The molecule has 4 rings (SSSR count). The summed E-state index contributed by atoms with van der Waals surface area (Å²) in [5.41, 5.74) is 0.968. The van der Waals surface area contributed by atoms with Crippen LogP contribution in [0.5, 0.6) is 0 Å². The number of aryl methyl sites for hydroxylation is 1. The van der Waals surface area contributed by atoms with E-state index in [-0.39, 0.29) is 18.4 Å². The highest BCUT2D eigenvalue weighted by atomic mass is 16.2. The first-order chi connectivity index (χ1) is 13.1. The summed E-state index contributed by atoms with van der Waals surface area (Å²) in [5.74, 6) is -0.0416. The first-order valence-electron chi connectivity index (χ1n) is 10.1. The fourth-order valence-electron chi connectivity index (χ4n) is 4.80. The zero-order valence-corrected chi connectivity index (χ0v) is 15.6. The Hall–Kier alpha value is -2.37. The van der Waals surface area contributed by atoms with E-state index in [4.69, 9.17) is 0 Å². The van der Waals surface area contributed by atoms with Gasteiger partial charge >= 0.3 is 6.03 Å². The first-order valence-corrected chi connectivity index (χ1v) is 10.1. The van der Waals surface area contributed by atoms with Gasteiger partial charge in [0.2, 0.25) is 5.91 Å². The van der Waals surface area contributed by atoms with Crippen molar-refractivity contribution in [1.82, 2.24) is 15.5 Å². The number of carbonyl (C=O) groups is 3. The smallest absolute Gasteiger partial charge is 0.325 e. The van der Waals surface area contributed by atoms with Crippen LogP contribution in [-0.4, -0.2) is 35.8 Å². The van der Waals surface area contributed by atoms with E-state index in [1.807, 2.05) is 24.3 Å². The second kappa shape index (κ2) is 7.33. The van der Waals surface area contributed by atoms with Crippen molar-refractivity contribution in [3.05, 3.63) is 35.4 Å². The molecular formula is C21H27N3O3. The third-order valence-corrected chi connectivity index (χ3v) is 6.27. The third kappa shape index (κ3) is 3.33. The van der Waals surface area contributed by atoms with E-state index in [0.717, 1.165) is 41.7 Å². The molecule has 6 heteroatoms. The van der Waals surface area contributed by atoms with Crippen molar-refractivity contribution in [3.63, 3.8) is 0 Å². The zero-order valence-electron chi connectivity index (χ0n) is 15.6. The van der Waals surface area contributed by atoms with Gasteiger partial charge in [-0.05, 0) is 49.1 Å². The van der Waals surface area contributed by atoms with Crippen molar-refractivity contribution in [2.24, 2.45) is 5.92 Å². The molecule has 144 valence electrons. The van der Waals surface area contributed by atoms with Crippen LogP contribution < -0.4 is 10.6 Å². The number of hydrogen-bond acceptors (Lipinski definition) is 3. The van der Waals surface area contributed by atoms with Gasteiger partial charge in [-0.3, -0.25) is 14.5 Å². The van der Waals surface area contributed by atoms with Gasteiger partial charge in [-0.1, -0.05) is 43.5 Å². The Balaban J connectivity index is 1.44. The lowest BCUT2D eigenvalue weighted by Gasteiger charge is -2.33. The number of hydrogen-bond donors (Lipinski definition) is 2. The van der Waals surface area contributed by atoms with Crippen LogP contribution in [0.25, 0.3) is 0 Å². The van der Waals surface area contributed by atoms with E-state index in [0.29, 0.717) is 18.9 Å². The van der Waals surface area contributed by atoms with Crippen LogP contribution in [-0.2, 0) is 21.5 Å². The van der Waals surface area contributed by atoms with E-state index < -0.39 is 11.6 Å². The number of fused-ring (bicyclic) bond motifs is 2. The number of amides is 4. The summed E-state index contributed by atoms with van der Waals surface area (Å²) in [5, 5.41) is 5.81. The van der Waals surface area contributed by atoms with E-state index in [1.54, 1.807) is 0 Å². The maximum atomic E-state index is 13.2. The quantitative estimate of drug-likeness (QED) is 0.801. The van der Waals surface area contributed by atoms with Gasteiger partial charge in [0.05, 0.1) is 0 Å². The van der Waals surface area contributed by atoms with E-state index in [9.17, 15) is 14.4 Å². The normalized spacial score (nSPS) is 25.4. The predicted octanol–water partition coefficient (Wildman–Crippen LogP) is 2.47. The van der Waals surface area contributed by atoms with Gasteiger partial charge in [0.1, 0.15) is 12.1 Å². The van der Waals surface area contributed by atoms with Crippen LogP contribution in [0.1, 0.15) is 56.1 Å². The molecule has 2 aliphatic carbocycles. The molecule has 0 unspecified atom stereocenters. The van der Waals surface area contributed by atoms with Gasteiger partial charge in [0.15, 0.2) is 0 Å². The van der Waals surface area contributed by atoms with Crippen LogP contribution in [0.15, 0.2) is 24.3 Å². The Bertz CT molecular complexity index is 757. The Morgan fingerprint density at radius 3 is 2.74 bits per heavy atom. The van der Waals surface area contributed by atoms with E-state index in [1.165, 1.54) is 19.3 Å². The van der Waals surface area contributed by atoms with Gasteiger partial charge in [0.25, 0.3) is 5.91 Å². The number of imide groups is 1. The minimum Gasteiger partial charge on any atom is -0.354 e. The molecule has 0 bridgehead atoms. The lowest BCUT2D eigenvalue weighted by Crippen LogP contribution is -2.47.